The molecule has 0 saturated heterocycles. The molecule has 0 aromatic rings. The molecule has 0 radical (unpaired) electrons. The van der Waals surface area contributed by atoms with Gasteiger partial charge in [-0.1, -0.05) is 12.8 Å². The molecular weight excluding hydrogens is 248 g/mol. The molecule has 5 nitrogen and oxygen atoms in total. The van der Waals surface area contributed by atoms with Gasteiger partial charge in [0.05, 0.1) is 14.2 Å². The summed E-state index contributed by atoms with van der Waals surface area (Å²) in [7, 11) is 2.82. The number of carbonyl (C=O) groups is 2. The zero-order valence-electron chi connectivity index (χ0n) is 12.1. The van der Waals surface area contributed by atoms with Crippen LogP contribution in [-0.2, 0) is 23.8 Å². The molecule has 19 heavy (non-hydrogen) atoms. The lowest BCUT2D eigenvalue weighted by molar-refractivity contribution is -0.141. The molecule has 0 aliphatic rings. The number of carbonyl (C=O) groups excluding carboxylic acids is 2. The Kier molecular flexibility index (Phi) is 12.6. The SMILES string of the molecule is COC(=O)CCCCCOCCCCCC(=O)OC. The van der Waals surface area contributed by atoms with Gasteiger partial charge in [-0.3, -0.25) is 9.59 Å². The lowest BCUT2D eigenvalue weighted by atomic mass is 10.2. The van der Waals surface area contributed by atoms with Crippen molar-refractivity contribution in [2.75, 3.05) is 27.4 Å². The summed E-state index contributed by atoms with van der Waals surface area (Å²) in [6.07, 6.45) is 6.60. The van der Waals surface area contributed by atoms with Crippen LogP contribution in [0, 0.1) is 0 Å². The van der Waals surface area contributed by atoms with E-state index in [-0.39, 0.29) is 11.9 Å². The highest BCUT2D eigenvalue weighted by Gasteiger charge is 2.00. The van der Waals surface area contributed by atoms with Crippen LogP contribution in [0.4, 0.5) is 0 Å². The van der Waals surface area contributed by atoms with Crippen LogP contribution in [0.3, 0.4) is 0 Å². The first kappa shape index (κ1) is 17.9. The van der Waals surface area contributed by atoms with Crippen LogP contribution in [0.2, 0.25) is 0 Å². The van der Waals surface area contributed by atoms with Gasteiger partial charge >= 0.3 is 11.9 Å². The van der Waals surface area contributed by atoms with E-state index in [2.05, 4.69) is 9.47 Å². The monoisotopic (exact) mass is 274 g/mol. The van der Waals surface area contributed by atoms with Crippen LogP contribution in [0.5, 0.6) is 0 Å². The van der Waals surface area contributed by atoms with Crippen LogP contribution in [0.25, 0.3) is 0 Å². The van der Waals surface area contributed by atoms with Crippen LogP contribution in [0.15, 0.2) is 0 Å². The van der Waals surface area contributed by atoms with E-state index >= 15 is 0 Å². The summed E-state index contributed by atoms with van der Waals surface area (Å²) in [6.45, 7) is 1.47. The largest absolute Gasteiger partial charge is 0.469 e. The zero-order valence-corrected chi connectivity index (χ0v) is 12.1. The second-order valence-corrected chi connectivity index (χ2v) is 4.39. The highest BCUT2D eigenvalue weighted by molar-refractivity contribution is 5.69. The zero-order chi connectivity index (χ0) is 14.3. The van der Waals surface area contributed by atoms with Gasteiger partial charge in [0.25, 0.3) is 0 Å². The van der Waals surface area contributed by atoms with Gasteiger partial charge < -0.3 is 14.2 Å². The maximum atomic E-state index is 10.8. The molecule has 0 saturated carbocycles. The van der Waals surface area contributed by atoms with Crippen molar-refractivity contribution in [1.29, 1.82) is 0 Å². The van der Waals surface area contributed by atoms with Crippen LogP contribution in [0.1, 0.15) is 51.4 Å². The fourth-order valence-corrected chi connectivity index (χ4v) is 1.61. The van der Waals surface area contributed by atoms with Gasteiger partial charge in [0.2, 0.25) is 0 Å². The molecule has 0 aliphatic carbocycles. The minimum atomic E-state index is -0.147. The Morgan fingerprint density at radius 1 is 0.684 bits per heavy atom. The van der Waals surface area contributed by atoms with E-state index in [4.69, 9.17) is 4.74 Å². The average molecular weight is 274 g/mol. The van der Waals surface area contributed by atoms with E-state index in [1.54, 1.807) is 0 Å². The first-order valence-electron chi connectivity index (χ1n) is 6.92. The average Bonchev–Trinajstić information content (AvgIpc) is 2.43. The molecular formula is C14H26O5. The van der Waals surface area contributed by atoms with Crippen molar-refractivity contribution < 1.29 is 23.8 Å². The van der Waals surface area contributed by atoms with E-state index in [0.29, 0.717) is 12.8 Å². The highest BCUT2D eigenvalue weighted by Crippen LogP contribution is 2.03. The molecule has 0 unspecified atom stereocenters. The standard InChI is InChI=1S/C14H26O5/c1-17-13(15)9-5-3-7-11-19-12-8-4-6-10-14(16)18-2/h3-12H2,1-2H3. The van der Waals surface area contributed by atoms with Crippen molar-refractivity contribution in [3.63, 3.8) is 0 Å². The molecule has 112 valence electrons. The van der Waals surface area contributed by atoms with Gasteiger partial charge in [-0.2, -0.15) is 0 Å². The minimum absolute atomic E-state index is 0.147. The van der Waals surface area contributed by atoms with E-state index in [1.165, 1.54) is 14.2 Å². The molecule has 0 aliphatic heterocycles. The third-order valence-electron chi connectivity index (χ3n) is 2.79. The smallest absolute Gasteiger partial charge is 0.305 e. The summed E-state index contributed by atoms with van der Waals surface area (Å²) in [5.74, 6) is -0.293. The second-order valence-electron chi connectivity index (χ2n) is 4.39. The van der Waals surface area contributed by atoms with Crippen molar-refractivity contribution >= 4 is 11.9 Å². The lowest BCUT2D eigenvalue weighted by Gasteiger charge is -2.04. The Balaban J connectivity index is 3.07. The molecule has 0 fully saturated rings. The summed E-state index contributed by atoms with van der Waals surface area (Å²) >= 11 is 0. The number of hydrogen-bond donors (Lipinski definition) is 0. The number of rotatable bonds is 12. The van der Waals surface area contributed by atoms with Crippen molar-refractivity contribution in [2.24, 2.45) is 0 Å². The Labute approximate surface area is 115 Å². The lowest BCUT2D eigenvalue weighted by Crippen LogP contribution is -2.02. The minimum Gasteiger partial charge on any atom is -0.469 e. The molecule has 0 spiro atoms. The maximum Gasteiger partial charge on any atom is 0.305 e. The number of esters is 2. The highest BCUT2D eigenvalue weighted by atomic mass is 16.5. The number of ether oxygens (including phenoxy) is 3. The molecule has 0 rings (SSSR count). The summed E-state index contributed by atoms with van der Waals surface area (Å²) in [5.41, 5.74) is 0. The predicted molar refractivity (Wildman–Crippen MR) is 71.8 cm³/mol. The topological polar surface area (TPSA) is 61.8 Å². The summed E-state index contributed by atoms with van der Waals surface area (Å²) < 4.78 is 14.6. The fraction of sp³-hybridized carbons (Fsp3) is 0.857. The van der Waals surface area contributed by atoms with E-state index in [9.17, 15) is 9.59 Å². The fourth-order valence-electron chi connectivity index (χ4n) is 1.61. The van der Waals surface area contributed by atoms with E-state index in [0.717, 1.165) is 51.7 Å². The molecule has 0 bridgehead atoms. The summed E-state index contributed by atoms with van der Waals surface area (Å²) in [4.78, 5) is 21.7. The third-order valence-corrected chi connectivity index (χ3v) is 2.79. The van der Waals surface area contributed by atoms with Crippen molar-refractivity contribution in [3.8, 4) is 0 Å². The first-order chi connectivity index (χ1) is 9.20. The Morgan fingerprint density at radius 2 is 1.11 bits per heavy atom. The van der Waals surface area contributed by atoms with Crippen molar-refractivity contribution in [2.45, 2.75) is 51.4 Å². The molecule has 0 aromatic heterocycles. The summed E-state index contributed by atoms with van der Waals surface area (Å²) in [6, 6.07) is 0. The molecule has 0 amide bonds. The molecule has 0 atom stereocenters. The first-order valence-corrected chi connectivity index (χ1v) is 6.92. The third kappa shape index (κ3) is 13.1. The van der Waals surface area contributed by atoms with Gasteiger partial charge in [-0.25, -0.2) is 0 Å². The van der Waals surface area contributed by atoms with Gasteiger partial charge in [0.1, 0.15) is 0 Å². The normalized spacial score (nSPS) is 10.2. The quantitative estimate of drug-likeness (QED) is 0.404. The molecule has 0 aromatic carbocycles. The Bertz CT molecular complexity index is 216. The number of hydrogen-bond acceptors (Lipinski definition) is 5. The van der Waals surface area contributed by atoms with Gasteiger partial charge in [0, 0.05) is 26.1 Å². The molecule has 5 heteroatoms. The maximum absolute atomic E-state index is 10.8. The summed E-state index contributed by atoms with van der Waals surface area (Å²) in [5, 5.41) is 0. The Morgan fingerprint density at radius 3 is 1.47 bits per heavy atom. The van der Waals surface area contributed by atoms with E-state index in [1.807, 2.05) is 0 Å². The second kappa shape index (κ2) is 13.3. The van der Waals surface area contributed by atoms with Gasteiger partial charge in [0.15, 0.2) is 0 Å². The van der Waals surface area contributed by atoms with Crippen LogP contribution >= 0.6 is 0 Å². The van der Waals surface area contributed by atoms with Crippen molar-refractivity contribution in [3.05, 3.63) is 0 Å². The van der Waals surface area contributed by atoms with Gasteiger partial charge in [-0.05, 0) is 25.7 Å². The van der Waals surface area contributed by atoms with Crippen LogP contribution in [-0.4, -0.2) is 39.4 Å². The van der Waals surface area contributed by atoms with E-state index < -0.39 is 0 Å². The number of unbranched alkanes of at least 4 members (excludes halogenated alkanes) is 4. The molecule has 0 N–H and O–H groups in total. The van der Waals surface area contributed by atoms with Crippen LogP contribution < -0.4 is 0 Å². The van der Waals surface area contributed by atoms with Crippen molar-refractivity contribution in [1.82, 2.24) is 0 Å². The van der Waals surface area contributed by atoms with Gasteiger partial charge in [-0.15, -0.1) is 0 Å². The predicted octanol–water partition coefficient (Wildman–Crippen LogP) is 2.47. The Hall–Kier alpha value is -1.10. The molecule has 0 heterocycles. The number of methoxy groups -OCH3 is 2.